The number of hydrogen-bond donors (Lipinski definition) is 0. The van der Waals surface area contributed by atoms with Crippen LogP contribution in [0.5, 0.6) is 0 Å². The Morgan fingerprint density at radius 3 is 1.30 bits per heavy atom. The molecular formula is C27H24F6N6Pd. The van der Waals surface area contributed by atoms with Crippen molar-refractivity contribution in [3.05, 3.63) is 82.7 Å². The van der Waals surface area contributed by atoms with E-state index >= 15 is 0 Å². The van der Waals surface area contributed by atoms with E-state index in [0.717, 1.165) is 9.36 Å². The van der Waals surface area contributed by atoms with E-state index < -0.39 is 51.1 Å². The molecule has 0 saturated carbocycles. The zero-order valence-corrected chi connectivity index (χ0v) is 23.8. The first-order chi connectivity index (χ1) is 17.8. The zero-order chi connectivity index (χ0) is 28.8. The summed E-state index contributed by atoms with van der Waals surface area (Å²) in [5.74, 6) is 0.149. The van der Waals surface area contributed by atoms with Crippen molar-refractivity contribution in [1.82, 2.24) is 29.5 Å². The molecule has 0 N–H and O–H groups in total. The molecule has 0 saturated heterocycles. The van der Waals surface area contributed by atoms with Crippen molar-refractivity contribution in [2.24, 2.45) is 0 Å². The summed E-state index contributed by atoms with van der Waals surface area (Å²) in [7, 11) is 0. The van der Waals surface area contributed by atoms with E-state index in [1.54, 1.807) is 38.1 Å². The summed E-state index contributed by atoms with van der Waals surface area (Å²) in [6, 6.07) is 9.65. The number of aromatic nitrogens is 6. The molecule has 13 heteroatoms. The summed E-state index contributed by atoms with van der Waals surface area (Å²) < 4.78 is 87.6. The third-order valence-corrected chi connectivity index (χ3v) is 7.84. The van der Waals surface area contributed by atoms with E-state index in [0.29, 0.717) is 11.4 Å². The van der Waals surface area contributed by atoms with E-state index in [9.17, 15) is 26.3 Å². The molecule has 0 amide bonds. The molecule has 214 valence electrons. The number of fused-ring (bicyclic) bond motifs is 10. The Bertz CT molecular complexity index is 1460. The van der Waals surface area contributed by atoms with Gasteiger partial charge in [-0.2, -0.15) is 26.3 Å². The van der Waals surface area contributed by atoms with Crippen molar-refractivity contribution in [2.75, 3.05) is 0 Å². The van der Waals surface area contributed by atoms with Gasteiger partial charge in [-0.25, -0.2) is 0 Å². The van der Waals surface area contributed by atoms with Gasteiger partial charge in [-0.15, -0.1) is 11.1 Å². The maximum atomic E-state index is 14.3. The van der Waals surface area contributed by atoms with Gasteiger partial charge >= 0.3 is 32.8 Å². The molecule has 0 fully saturated rings. The molecule has 0 atom stereocenters. The van der Waals surface area contributed by atoms with Crippen LogP contribution in [0.25, 0.3) is 11.6 Å². The second-order valence-electron chi connectivity index (χ2n) is 11.1. The fourth-order valence-electron chi connectivity index (χ4n) is 4.69. The Hall–Kier alpha value is -3.04. The van der Waals surface area contributed by atoms with Crippen LogP contribution in [0.2, 0.25) is 0 Å². The van der Waals surface area contributed by atoms with Crippen LogP contribution in [0.4, 0.5) is 26.3 Å². The maximum Gasteiger partial charge on any atom is 2.00 e. The average Bonchev–Trinajstić information content (AvgIpc) is 3.50. The van der Waals surface area contributed by atoms with Gasteiger partial charge in [-0.05, 0) is 36.8 Å². The largest absolute Gasteiger partial charge is 2.00 e. The predicted octanol–water partition coefficient (Wildman–Crippen LogP) is 6.38. The van der Waals surface area contributed by atoms with Crippen LogP contribution in [0, 0.1) is 12.4 Å². The van der Waals surface area contributed by atoms with Gasteiger partial charge in [0.1, 0.15) is 0 Å². The number of rotatable bonds is 0. The van der Waals surface area contributed by atoms with Gasteiger partial charge in [-0.3, -0.25) is 20.2 Å². The summed E-state index contributed by atoms with van der Waals surface area (Å²) in [5, 5.41) is 7.59. The molecule has 8 bridgehead atoms. The van der Waals surface area contributed by atoms with Crippen LogP contribution in [-0.4, -0.2) is 29.5 Å². The third-order valence-electron chi connectivity index (χ3n) is 7.84. The number of pyridine rings is 2. The number of halogens is 6. The van der Waals surface area contributed by atoms with E-state index in [1.807, 2.05) is 0 Å². The Labute approximate surface area is 240 Å². The number of hydrogen-bond acceptors (Lipinski definition) is 4. The minimum absolute atomic E-state index is 0. The Kier molecular flexibility index (Phi) is 6.92. The summed E-state index contributed by atoms with van der Waals surface area (Å²) in [4.78, 5) is 9.17. The predicted molar refractivity (Wildman–Crippen MR) is 129 cm³/mol. The molecule has 0 unspecified atom stereocenters. The minimum Gasteiger partial charge on any atom is -0.343 e. The first-order valence-corrected chi connectivity index (χ1v) is 12.0. The van der Waals surface area contributed by atoms with Gasteiger partial charge in [0, 0.05) is 16.8 Å². The smallest absolute Gasteiger partial charge is 0.343 e. The number of alkyl halides is 6. The Morgan fingerprint density at radius 2 is 0.975 bits per heavy atom. The fraction of sp³-hybridized carbons (Fsp3) is 0.407. The average molecular weight is 653 g/mol. The van der Waals surface area contributed by atoms with E-state index in [1.165, 1.54) is 39.8 Å². The van der Waals surface area contributed by atoms with Crippen molar-refractivity contribution in [3.63, 3.8) is 0 Å². The van der Waals surface area contributed by atoms with Crippen molar-refractivity contribution in [2.45, 2.75) is 70.1 Å². The first-order valence-electron chi connectivity index (χ1n) is 12.0. The fourth-order valence-corrected chi connectivity index (χ4v) is 4.69. The minimum atomic E-state index is -4.91. The second kappa shape index (κ2) is 9.24. The third kappa shape index (κ3) is 4.57. The molecule has 4 aromatic heterocycles. The molecular weight excluding hydrogens is 629 g/mol. The van der Waals surface area contributed by atoms with Gasteiger partial charge in [0.25, 0.3) is 0 Å². The molecule has 4 aromatic rings. The Morgan fingerprint density at radius 1 is 0.625 bits per heavy atom. The topological polar surface area (TPSA) is 61.4 Å². The van der Waals surface area contributed by atoms with Crippen molar-refractivity contribution >= 4 is 0 Å². The van der Waals surface area contributed by atoms with E-state index in [2.05, 4.69) is 32.6 Å². The van der Waals surface area contributed by atoms with Crippen LogP contribution >= 0.6 is 0 Å². The monoisotopic (exact) mass is 652 g/mol. The Balaban J connectivity index is 0.00000370. The molecule has 1 aliphatic rings. The molecule has 0 aliphatic carbocycles. The molecule has 0 aromatic carbocycles. The summed E-state index contributed by atoms with van der Waals surface area (Å²) in [5.41, 5.74) is -6.49. The van der Waals surface area contributed by atoms with Crippen LogP contribution < -0.4 is 0 Å². The second-order valence-corrected chi connectivity index (χ2v) is 11.1. The van der Waals surface area contributed by atoms with Crippen LogP contribution in [0.1, 0.15) is 75.4 Å². The van der Waals surface area contributed by atoms with Gasteiger partial charge in [0.2, 0.25) is 0 Å². The van der Waals surface area contributed by atoms with Crippen molar-refractivity contribution in [1.29, 1.82) is 0 Å². The van der Waals surface area contributed by atoms with Gasteiger partial charge in [0.15, 0.2) is 0 Å². The van der Waals surface area contributed by atoms with Gasteiger partial charge in [0.05, 0.1) is 23.0 Å². The van der Waals surface area contributed by atoms with Crippen molar-refractivity contribution in [3.8, 4) is 11.6 Å². The summed E-state index contributed by atoms with van der Waals surface area (Å²) >= 11 is 0. The summed E-state index contributed by atoms with van der Waals surface area (Å²) in [6.07, 6.45) is -4.44. The molecule has 40 heavy (non-hydrogen) atoms. The van der Waals surface area contributed by atoms with Crippen LogP contribution in [0.3, 0.4) is 0 Å². The van der Waals surface area contributed by atoms with E-state index in [-0.39, 0.29) is 32.1 Å². The van der Waals surface area contributed by atoms with Crippen LogP contribution in [0.15, 0.2) is 36.4 Å². The molecule has 5 rings (SSSR count). The maximum absolute atomic E-state index is 14.3. The molecule has 5 heterocycles. The standard InChI is InChI=1S/C27H24F6N6.Pd/c1-23(2)17-9-7-11-19(34-17)38-13-15(21(36-38)26(28,29)30)24(3,4)25(5,6)16-14-39(37-22(16)27(31,32)33)20-12-8-10-18(23)35-20;/h7-12H,1-6H3;/q-2;+2. The van der Waals surface area contributed by atoms with Crippen LogP contribution in [-0.2, 0) is 49.0 Å². The van der Waals surface area contributed by atoms with Crippen molar-refractivity contribution < 1.29 is 46.8 Å². The van der Waals surface area contributed by atoms with Gasteiger partial charge < -0.3 is 9.36 Å². The van der Waals surface area contributed by atoms with Gasteiger partial charge in [-0.1, -0.05) is 64.4 Å². The molecule has 6 nitrogen and oxygen atoms in total. The quantitative estimate of drug-likeness (QED) is 0.126. The first kappa shape index (κ1) is 29.9. The zero-order valence-electron chi connectivity index (χ0n) is 22.2. The van der Waals surface area contributed by atoms with E-state index in [4.69, 9.17) is 0 Å². The number of nitrogens with zero attached hydrogens (tertiary/aromatic N) is 6. The molecule has 0 radical (unpaired) electrons. The molecule has 0 spiro atoms. The normalized spacial score (nSPS) is 17.4. The molecule has 1 aliphatic heterocycles. The SMILES string of the molecule is CC1(C)c2cccc(n2)-n2[c-]c(c(C(F)(F)F)n2)C(C)(C)C(C)(C)c2[c-]n(nc2C(F)(F)F)-c2cccc1n2.[Pd+2]. The summed E-state index contributed by atoms with van der Waals surface area (Å²) in [6.45, 7) is 9.30.